The van der Waals surface area contributed by atoms with Crippen LogP contribution in [0, 0.1) is 0 Å². The van der Waals surface area contributed by atoms with Crippen LogP contribution >= 0.6 is 23.2 Å². The van der Waals surface area contributed by atoms with Crippen molar-refractivity contribution in [1.29, 1.82) is 0 Å². The average Bonchev–Trinajstić information content (AvgIpc) is 2.10. The van der Waals surface area contributed by atoms with Gasteiger partial charge in [0.15, 0.2) is 0 Å². The molecule has 0 saturated carbocycles. The molecule has 0 fully saturated rings. The number of nitrogens with two attached hydrogens (primary N) is 1. The van der Waals surface area contributed by atoms with Crippen molar-refractivity contribution in [2.24, 2.45) is 0 Å². The van der Waals surface area contributed by atoms with E-state index in [9.17, 15) is 5.11 Å². The number of hydrogen-bond donors (Lipinski definition) is 3. The van der Waals surface area contributed by atoms with E-state index in [1.807, 2.05) is 0 Å². The molecule has 1 atom stereocenters. The third-order valence-electron chi connectivity index (χ3n) is 1.57. The summed E-state index contributed by atoms with van der Waals surface area (Å²) in [4.78, 5) is 7.35. The predicted molar refractivity (Wildman–Crippen MR) is 53.3 cm³/mol. The minimum Gasteiger partial charge on any atom is -0.394 e. The van der Waals surface area contributed by atoms with Gasteiger partial charge in [-0.2, -0.15) is 0 Å². The Morgan fingerprint density at radius 1 is 1.29 bits per heavy atom. The molecular formula is C7H9Cl2N3O2. The van der Waals surface area contributed by atoms with Gasteiger partial charge in [-0.1, -0.05) is 23.2 Å². The highest BCUT2D eigenvalue weighted by Gasteiger charge is 2.14. The van der Waals surface area contributed by atoms with Crippen molar-refractivity contribution in [3.05, 3.63) is 15.9 Å². The van der Waals surface area contributed by atoms with E-state index in [4.69, 9.17) is 34.0 Å². The lowest BCUT2D eigenvalue weighted by Gasteiger charge is -2.09. The molecule has 0 bridgehead atoms. The lowest BCUT2D eigenvalue weighted by molar-refractivity contribution is 0.0954. The van der Waals surface area contributed by atoms with Crippen molar-refractivity contribution in [3.63, 3.8) is 0 Å². The average molecular weight is 238 g/mol. The Bertz CT molecular complexity index is 312. The largest absolute Gasteiger partial charge is 0.394 e. The van der Waals surface area contributed by atoms with Crippen molar-refractivity contribution in [2.45, 2.75) is 12.5 Å². The highest BCUT2D eigenvalue weighted by molar-refractivity contribution is 6.34. The van der Waals surface area contributed by atoms with Crippen LogP contribution < -0.4 is 5.73 Å². The molecule has 7 heteroatoms. The number of halogens is 2. The molecule has 0 aliphatic carbocycles. The Kier molecular flexibility index (Phi) is 3.88. The summed E-state index contributed by atoms with van der Waals surface area (Å²) in [5.74, 6) is -0.0257. The van der Waals surface area contributed by atoms with Crippen LogP contribution in [-0.4, -0.2) is 32.9 Å². The lowest BCUT2D eigenvalue weighted by Crippen LogP contribution is -2.16. The summed E-state index contributed by atoms with van der Waals surface area (Å²) in [7, 11) is 0. The number of nitrogens with zero attached hydrogens (tertiary/aromatic N) is 2. The summed E-state index contributed by atoms with van der Waals surface area (Å²) in [6.07, 6.45) is -0.841. The van der Waals surface area contributed by atoms with Crippen LogP contribution in [0.5, 0.6) is 0 Å². The topological polar surface area (TPSA) is 92.3 Å². The van der Waals surface area contributed by atoms with Gasteiger partial charge >= 0.3 is 0 Å². The summed E-state index contributed by atoms with van der Waals surface area (Å²) >= 11 is 11.5. The van der Waals surface area contributed by atoms with Gasteiger partial charge in [-0.05, 0) is 0 Å². The molecule has 0 amide bonds. The van der Waals surface area contributed by atoms with Crippen LogP contribution in [0.2, 0.25) is 10.3 Å². The molecular weight excluding hydrogens is 229 g/mol. The molecule has 0 aliphatic heterocycles. The Morgan fingerprint density at radius 3 is 2.21 bits per heavy atom. The molecule has 14 heavy (non-hydrogen) atoms. The van der Waals surface area contributed by atoms with E-state index >= 15 is 0 Å². The second-order valence-electron chi connectivity index (χ2n) is 2.68. The van der Waals surface area contributed by atoms with E-state index < -0.39 is 6.10 Å². The first-order chi connectivity index (χ1) is 6.54. The standard InChI is InChI=1S/C7H9Cl2N3O2/c8-5-4(1-3(14)2-13)6(9)12-7(10)11-5/h3,13-14H,1-2H2,(H2,10,11,12). The molecule has 1 unspecified atom stereocenters. The van der Waals surface area contributed by atoms with Crippen LogP contribution in [0.15, 0.2) is 0 Å². The zero-order chi connectivity index (χ0) is 10.7. The number of anilines is 1. The van der Waals surface area contributed by atoms with Gasteiger partial charge in [0.2, 0.25) is 5.95 Å². The fourth-order valence-corrected chi connectivity index (χ4v) is 1.47. The van der Waals surface area contributed by atoms with Gasteiger partial charge in [0.1, 0.15) is 10.3 Å². The van der Waals surface area contributed by atoms with Crippen LogP contribution in [0.25, 0.3) is 0 Å². The van der Waals surface area contributed by atoms with Gasteiger partial charge < -0.3 is 15.9 Å². The SMILES string of the molecule is Nc1nc(Cl)c(CC(O)CO)c(Cl)n1. The number of aliphatic hydroxyl groups is 2. The number of aromatic nitrogens is 2. The molecule has 0 aromatic carbocycles. The maximum Gasteiger partial charge on any atom is 0.222 e. The monoisotopic (exact) mass is 237 g/mol. The summed E-state index contributed by atoms with van der Waals surface area (Å²) < 4.78 is 0. The van der Waals surface area contributed by atoms with Crippen molar-refractivity contribution in [2.75, 3.05) is 12.3 Å². The van der Waals surface area contributed by atoms with E-state index in [-0.39, 0.29) is 29.3 Å². The second kappa shape index (κ2) is 4.75. The molecule has 1 aromatic rings. The van der Waals surface area contributed by atoms with Gasteiger partial charge in [0.25, 0.3) is 0 Å². The predicted octanol–water partition coefficient (Wildman–Crippen LogP) is 0.261. The van der Waals surface area contributed by atoms with Gasteiger partial charge in [-0.15, -0.1) is 0 Å². The van der Waals surface area contributed by atoms with Crippen molar-refractivity contribution in [1.82, 2.24) is 9.97 Å². The van der Waals surface area contributed by atoms with Crippen LogP contribution in [0.4, 0.5) is 5.95 Å². The molecule has 0 aliphatic rings. The highest BCUT2D eigenvalue weighted by Crippen LogP contribution is 2.23. The maximum atomic E-state index is 9.18. The fourth-order valence-electron chi connectivity index (χ4n) is 0.915. The Morgan fingerprint density at radius 2 is 1.79 bits per heavy atom. The summed E-state index contributed by atoms with van der Waals surface area (Å²) in [6.45, 7) is -0.378. The van der Waals surface area contributed by atoms with Crippen molar-refractivity contribution in [3.8, 4) is 0 Å². The maximum absolute atomic E-state index is 9.18. The quantitative estimate of drug-likeness (QED) is 0.657. The summed E-state index contributed by atoms with van der Waals surface area (Å²) in [6, 6.07) is 0. The van der Waals surface area contributed by atoms with E-state index in [1.165, 1.54) is 0 Å². The smallest absolute Gasteiger partial charge is 0.222 e. The normalized spacial score (nSPS) is 12.9. The zero-order valence-electron chi connectivity index (χ0n) is 7.11. The van der Waals surface area contributed by atoms with E-state index in [0.717, 1.165) is 0 Å². The third-order valence-corrected chi connectivity index (χ3v) is 2.20. The molecule has 1 rings (SSSR count). The molecule has 0 spiro atoms. The van der Waals surface area contributed by atoms with Crippen LogP contribution in [0.1, 0.15) is 5.56 Å². The minimum absolute atomic E-state index is 0.0257. The molecule has 0 saturated heterocycles. The first kappa shape index (κ1) is 11.5. The molecule has 5 nitrogen and oxygen atoms in total. The van der Waals surface area contributed by atoms with Gasteiger partial charge in [0.05, 0.1) is 12.7 Å². The number of hydrogen-bond acceptors (Lipinski definition) is 5. The number of nitrogen functional groups attached to an aromatic ring is 1. The second-order valence-corrected chi connectivity index (χ2v) is 3.40. The summed E-state index contributed by atoms with van der Waals surface area (Å²) in [5.41, 5.74) is 5.67. The molecule has 78 valence electrons. The Balaban J connectivity index is 2.96. The number of rotatable bonds is 3. The Hall–Kier alpha value is -0.620. The van der Waals surface area contributed by atoms with Crippen molar-refractivity contribution < 1.29 is 10.2 Å². The zero-order valence-corrected chi connectivity index (χ0v) is 8.63. The third kappa shape index (κ3) is 2.68. The highest BCUT2D eigenvalue weighted by atomic mass is 35.5. The van der Waals surface area contributed by atoms with E-state index in [0.29, 0.717) is 5.56 Å². The summed E-state index contributed by atoms with van der Waals surface area (Å²) in [5, 5.41) is 18.0. The Labute approximate surface area is 90.5 Å². The molecule has 1 aromatic heterocycles. The molecule has 0 radical (unpaired) electrons. The van der Waals surface area contributed by atoms with Gasteiger partial charge in [-0.25, -0.2) is 9.97 Å². The number of aliphatic hydroxyl groups excluding tert-OH is 2. The van der Waals surface area contributed by atoms with Crippen molar-refractivity contribution >= 4 is 29.2 Å². The van der Waals surface area contributed by atoms with Gasteiger partial charge in [-0.3, -0.25) is 0 Å². The molecule has 1 heterocycles. The minimum atomic E-state index is -0.933. The van der Waals surface area contributed by atoms with E-state index in [2.05, 4.69) is 9.97 Å². The van der Waals surface area contributed by atoms with Crippen LogP contribution in [0.3, 0.4) is 0 Å². The van der Waals surface area contributed by atoms with Crippen LogP contribution in [-0.2, 0) is 6.42 Å². The first-order valence-corrected chi connectivity index (χ1v) is 4.56. The van der Waals surface area contributed by atoms with Gasteiger partial charge in [0, 0.05) is 12.0 Å². The van der Waals surface area contributed by atoms with E-state index in [1.54, 1.807) is 0 Å². The fraction of sp³-hybridized carbons (Fsp3) is 0.429. The first-order valence-electron chi connectivity index (χ1n) is 3.81. The molecule has 4 N–H and O–H groups in total. The lowest BCUT2D eigenvalue weighted by atomic mass is 10.1.